The SMILES string of the molecule is CC(C)c1ccccc1NC(=O)CCSc1nnc2ccc3ccccc3n12. The second-order valence-corrected chi connectivity index (χ2v) is 8.02. The van der Waals surface area contributed by atoms with Crippen LogP contribution in [0, 0.1) is 0 Å². The number of anilines is 1. The van der Waals surface area contributed by atoms with Gasteiger partial charge in [-0.2, -0.15) is 0 Å². The lowest BCUT2D eigenvalue weighted by Crippen LogP contribution is -2.14. The van der Waals surface area contributed by atoms with Gasteiger partial charge in [0.05, 0.1) is 5.52 Å². The Bertz CT molecular complexity index is 1140. The molecule has 0 radical (unpaired) electrons. The van der Waals surface area contributed by atoms with Crippen molar-refractivity contribution in [2.24, 2.45) is 0 Å². The Labute approximate surface area is 168 Å². The fraction of sp³-hybridized carbons (Fsp3) is 0.227. The Hall–Kier alpha value is -2.86. The van der Waals surface area contributed by atoms with Crippen molar-refractivity contribution in [1.29, 1.82) is 0 Å². The number of nitrogens with one attached hydrogen (secondary N) is 1. The molecule has 0 unspecified atom stereocenters. The van der Waals surface area contributed by atoms with E-state index in [1.807, 2.05) is 46.9 Å². The summed E-state index contributed by atoms with van der Waals surface area (Å²) in [5, 5.41) is 13.6. The summed E-state index contributed by atoms with van der Waals surface area (Å²) in [5.74, 6) is 1.01. The molecule has 0 aliphatic rings. The molecule has 0 aliphatic heterocycles. The Balaban J connectivity index is 1.45. The Kier molecular flexibility index (Phi) is 5.30. The number of para-hydroxylation sites is 2. The van der Waals surface area contributed by atoms with Crippen molar-refractivity contribution in [3.05, 3.63) is 66.2 Å². The molecule has 0 saturated carbocycles. The van der Waals surface area contributed by atoms with Crippen LogP contribution in [0.2, 0.25) is 0 Å². The third-order valence-electron chi connectivity index (χ3n) is 4.67. The average Bonchev–Trinajstić information content (AvgIpc) is 3.12. The summed E-state index contributed by atoms with van der Waals surface area (Å²) in [7, 11) is 0. The van der Waals surface area contributed by atoms with E-state index in [1.54, 1.807) is 11.8 Å². The van der Waals surface area contributed by atoms with Crippen LogP contribution >= 0.6 is 11.8 Å². The highest BCUT2D eigenvalue weighted by Gasteiger charge is 2.12. The Morgan fingerprint density at radius 1 is 1.04 bits per heavy atom. The van der Waals surface area contributed by atoms with Crippen LogP contribution in [-0.4, -0.2) is 26.3 Å². The van der Waals surface area contributed by atoms with E-state index in [4.69, 9.17) is 0 Å². The summed E-state index contributed by atoms with van der Waals surface area (Å²) in [6, 6.07) is 20.1. The second-order valence-electron chi connectivity index (χ2n) is 6.96. The lowest BCUT2D eigenvalue weighted by atomic mass is 10.0. The van der Waals surface area contributed by atoms with Crippen LogP contribution in [0.15, 0.2) is 65.8 Å². The first-order valence-electron chi connectivity index (χ1n) is 9.38. The van der Waals surface area contributed by atoms with E-state index in [0.29, 0.717) is 18.1 Å². The summed E-state index contributed by atoms with van der Waals surface area (Å²) >= 11 is 1.55. The largest absolute Gasteiger partial charge is 0.326 e. The van der Waals surface area contributed by atoms with Crippen molar-refractivity contribution >= 4 is 39.9 Å². The number of rotatable bonds is 6. The molecular formula is C22H22N4OS. The molecule has 0 saturated heterocycles. The molecule has 2 aromatic heterocycles. The zero-order chi connectivity index (χ0) is 19.5. The minimum Gasteiger partial charge on any atom is -0.326 e. The van der Waals surface area contributed by atoms with Crippen LogP contribution in [0.1, 0.15) is 31.7 Å². The Morgan fingerprint density at radius 2 is 1.82 bits per heavy atom. The number of carbonyl (C=O) groups excluding carboxylic acids is 1. The number of nitrogens with zero attached hydrogens (tertiary/aromatic N) is 3. The molecule has 4 aromatic rings. The van der Waals surface area contributed by atoms with Crippen LogP contribution in [-0.2, 0) is 4.79 Å². The van der Waals surface area contributed by atoms with Crippen molar-refractivity contribution in [3.63, 3.8) is 0 Å². The van der Waals surface area contributed by atoms with Crippen LogP contribution < -0.4 is 5.32 Å². The zero-order valence-electron chi connectivity index (χ0n) is 15.9. The predicted octanol–water partition coefficient (Wildman–Crippen LogP) is 5.13. The highest BCUT2D eigenvalue weighted by molar-refractivity contribution is 7.99. The van der Waals surface area contributed by atoms with Gasteiger partial charge in [0.1, 0.15) is 0 Å². The minimum atomic E-state index is 0.0132. The van der Waals surface area contributed by atoms with Crippen molar-refractivity contribution in [2.45, 2.75) is 31.3 Å². The third-order valence-corrected chi connectivity index (χ3v) is 5.60. The summed E-state index contributed by atoms with van der Waals surface area (Å²) in [4.78, 5) is 12.4. The molecule has 5 nitrogen and oxygen atoms in total. The van der Waals surface area contributed by atoms with Crippen molar-refractivity contribution < 1.29 is 4.79 Å². The zero-order valence-corrected chi connectivity index (χ0v) is 16.7. The lowest BCUT2D eigenvalue weighted by Gasteiger charge is -2.13. The highest BCUT2D eigenvalue weighted by Crippen LogP contribution is 2.25. The number of pyridine rings is 1. The van der Waals surface area contributed by atoms with Gasteiger partial charge in [-0.05, 0) is 41.1 Å². The van der Waals surface area contributed by atoms with Crippen molar-refractivity contribution in [2.75, 3.05) is 11.1 Å². The number of thioether (sulfide) groups is 1. The van der Waals surface area contributed by atoms with Gasteiger partial charge in [-0.3, -0.25) is 9.20 Å². The monoisotopic (exact) mass is 390 g/mol. The lowest BCUT2D eigenvalue weighted by molar-refractivity contribution is -0.115. The van der Waals surface area contributed by atoms with Gasteiger partial charge in [0.2, 0.25) is 5.91 Å². The topological polar surface area (TPSA) is 59.3 Å². The van der Waals surface area contributed by atoms with E-state index < -0.39 is 0 Å². The molecule has 0 aliphatic carbocycles. The van der Waals surface area contributed by atoms with E-state index in [1.165, 1.54) is 0 Å². The first kappa shape index (κ1) is 18.5. The predicted molar refractivity (Wildman–Crippen MR) is 115 cm³/mol. The molecule has 2 heterocycles. The third kappa shape index (κ3) is 3.73. The van der Waals surface area contributed by atoms with Gasteiger partial charge in [0.25, 0.3) is 0 Å². The second kappa shape index (κ2) is 8.02. The van der Waals surface area contributed by atoms with Crippen LogP contribution in [0.4, 0.5) is 5.69 Å². The fourth-order valence-electron chi connectivity index (χ4n) is 3.27. The van der Waals surface area contributed by atoms with Gasteiger partial charge >= 0.3 is 0 Å². The number of carbonyl (C=O) groups is 1. The molecule has 1 N–H and O–H groups in total. The number of aromatic nitrogens is 3. The van der Waals surface area contributed by atoms with E-state index >= 15 is 0 Å². The maximum absolute atomic E-state index is 12.4. The van der Waals surface area contributed by atoms with Crippen LogP contribution in [0.25, 0.3) is 16.6 Å². The Morgan fingerprint density at radius 3 is 2.68 bits per heavy atom. The highest BCUT2D eigenvalue weighted by atomic mass is 32.2. The molecular weight excluding hydrogens is 368 g/mol. The van der Waals surface area contributed by atoms with E-state index in [0.717, 1.165) is 33.0 Å². The molecule has 142 valence electrons. The van der Waals surface area contributed by atoms with E-state index in [9.17, 15) is 4.79 Å². The number of benzene rings is 2. The van der Waals surface area contributed by atoms with Crippen LogP contribution in [0.5, 0.6) is 0 Å². The van der Waals surface area contributed by atoms with Gasteiger partial charge in [-0.15, -0.1) is 10.2 Å². The normalized spacial score (nSPS) is 11.4. The van der Waals surface area contributed by atoms with Gasteiger partial charge in [-0.25, -0.2) is 0 Å². The molecule has 0 spiro atoms. The molecule has 2 aromatic carbocycles. The van der Waals surface area contributed by atoms with E-state index in [2.05, 4.69) is 47.6 Å². The summed E-state index contributed by atoms with van der Waals surface area (Å²) < 4.78 is 2.05. The van der Waals surface area contributed by atoms with Crippen molar-refractivity contribution in [1.82, 2.24) is 14.6 Å². The van der Waals surface area contributed by atoms with Crippen molar-refractivity contribution in [3.8, 4) is 0 Å². The van der Waals surface area contributed by atoms with Gasteiger partial charge in [0.15, 0.2) is 10.8 Å². The first-order valence-corrected chi connectivity index (χ1v) is 10.4. The number of fused-ring (bicyclic) bond motifs is 3. The molecule has 6 heteroatoms. The summed E-state index contributed by atoms with van der Waals surface area (Å²) in [6.45, 7) is 4.25. The smallest absolute Gasteiger partial charge is 0.225 e. The van der Waals surface area contributed by atoms with E-state index in [-0.39, 0.29) is 5.91 Å². The fourth-order valence-corrected chi connectivity index (χ4v) is 4.16. The average molecular weight is 391 g/mol. The number of hydrogen-bond acceptors (Lipinski definition) is 4. The number of hydrogen-bond donors (Lipinski definition) is 1. The maximum Gasteiger partial charge on any atom is 0.225 e. The summed E-state index contributed by atoms with van der Waals surface area (Å²) in [6.07, 6.45) is 0.413. The minimum absolute atomic E-state index is 0.0132. The van der Waals surface area contributed by atoms with Gasteiger partial charge in [-0.1, -0.05) is 62.0 Å². The molecule has 0 fully saturated rings. The molecule has 1 amide bonds. The maximum atomic E-state index is 12.4. The first-order chi connectivity index (χ1) is 13.6. The molecule has 0 bridgehead atoms. The van der Waals surface area contributed by atoms with Gasteiger partial charge < -0.3 is 5.32 Å². The standard InChI is InChI=1S/C22H22N4OS/c1-15(2)17-8-4-5-9-18(17)23-21(27)13-14-28-22-25-24-20-12-11-16-7-3-6-10-19(16)26(20)22/h3-12,15H,13-14H2,1-2H3,(H,23,27). The molecule has 4 rings (SSSR count). The molecule has 28 heavy (non-hydrogen) atoms. The molecule has 0 atom stereocenters. The van der Waals surface area contributed by atoms with Gasteiger partial charge in [0, 0.05) is 17.9 Å². The quantitative estimate of drug-likeness (QED) is 0.464. The number of amides is 1. The summed E-state index contributed by atoms with van der Waals surface area (Å²) in [5.41, 5.74) is 3.93. The van der Waals surface area contributed by atoms with Crippen LogP contribution in [0.3, 0.4) is 0 Å².